The van der Waals surface area contributed by atoms with E-state index in [1.807, 2.05) is 0 Å². The molecule has 2 aromatic rings. The first-order valence-corrected chi connectivity index (χ1v) is 9.75. The van der Waals surface area contributed by atoms with Crippen molar-refractivity contribution in [2.75, 3.05) is 43.5 Å². The molecular weight excluding hydrogens is 368 g/mol. The Morgan fingerprint density at radius 1 is 1.07 bits per heavy atom. The first kappa shape index (κ1) is 20.6. The summed E-state index contributed by atoms with van der Waals surface area (Å²) in [4.78, 5) is 33.0. The van der Waals surface area contributed by atoms with Crippen molar-refractivity contribution in [3.63, 3.8) is 0 Å². The third-order valence-corrected chi connectivity index (χ3v) is 5.25. The molecule has 0 aliphatic carbocycles. The summed E-state index contributed by atoms with van der Waals surface area (Å²) in [6.07, 6.45) is 0. The Kier molecular flexibility index (Phi) is 6.06. The Bertz CT molecular complexity index is 934. The van der Waals surface area contributed by atoms with Gasteiger partial charge in [0.15, 0.2) is 5.78 Å². The highest BCUT2D eigenvalue weighted by atomic mass is 16.5. The van der Waals surface area contributed by atoms with E-state index >= 15 is 0 Å². The highest BCUT2D eigenvalue weighted by Gasteiger charge is 2.23. The molecule has 0 bridgehead atoms. The van der Waals surface area contributed by atoms with Crippen molar-refractivity contribution in [1.82, 2.24) is 9.88 Å². The van der Waals surface area contributed by atoms with E-state index in [1.165, 1.54) is 30.8 Å². The van der Waals surface area contributed by atoms with Crippen LogP contribution in [0.1, 0.15) is 34.1 Å². The zero-order valence-electron chi connectivity index (χ0n) is 17.7. The first-order chi connectivity index (χ1) is 13.8. The number of pyridine rings is 1. The van der Waals surface area contributed by atoms with E-state index in [2.05, 4.69) is 47.2 Å². The SMILES string of the molecule is COc1nc(C)c(C(C)=O)cc1NC(=O)N1CCN(c2ccc(C)cc2C)CC1. The number of aryl methyl sites for hydroxylation is 3. The number of nitrogens with zero attached hydrogens (tertiary/aromatic N) is 3. The van der Waals surface area contributed by atoms with Crippen LogP contribution < -0.4 is 15.0 Å². The van der Waals surface area contributed by atoms with Crippen LogP contribution in [0.15, 0.2) is 24.3 Å². The van der Waals surface area contributed by atoms with E-state index in [0.717, 1.165) is 13.1 Å². The molecule has 1 aromatic heterocycles. The average molecular weight is 396 g/mol. The second-order valence-corrected chi connectivity index (χ2v) is 7.43. The fraction of sp³-hybridized carbons (Fsp3) is 0.409. The van der Waals surface area contributed by atoms with E-state index in [4.69, 9.17) is 4.74 Å². The van der Waals surface area contributed by atoms with Crippen LogP contribution in [-0.4, -0.2) is 55.0 Å². The molecule has 1 aliphatic heterocycles. The van der Waals surface area contributed by atoms with E-state index in [9.17, 15) is 9.59 Å². The number of amides is 2. The molecule has 0 unspecified atom stereocenters. The fourth-order valence-electron chi connectivity index (χ4n) is 3.69. The van der Waals surface area contributed by atoms with Crippen LogP contribution in [0.3, 0.4) is 0 Å². The standard InChI is InChI=1S/C22H28N4O3/c1-14-6-7-20(15(2)12-14)25-8-10-26(11-9-25)22(28)24-19-13-18(17(4)27)16(3)23-21(19)29-5/h6-7,12-13H,8-11H2,1-5H3,(H,24,28). The molecule has 1 N–H and O–H groups in total. The molecule has 29 heavy (non-hydrogen) atoms. The molecule has 1 aliphatic rings. The predicted octanol–water partition coefficient (Wildman–Crippen LogP) is 3.57. The summed E-state index contributed by atoms with van der Waals surface area (Å²) in [7, 11) is 1.49. The van der Waals surface area contributed by atoms with Gasteiger partial charge in [0.05, 0.1) is 12.8 Å². The van der Waals surface area contributed by atoms with Gasteiger partial charge < -0.3 is 19.9 Å². The van der Waals surface area contributed by atoms with Gasteiger partial charge in [-0.1, -0.05) is 17.7 Å². The minimum absolute atomic E-state index is 0.102. The van der Waals surface area contributed by atoms with Crippen molar-refractivity contribution < 1.29 is 14.3 Å². The van der Waals surface area contributed by atoms with Crippen LogP contribution in [0.4, 0.5) is 16.2 Å². The molecule has 2 heterocycles. The van der Waals surface area contributed by atoms with Crippen LogP contribution in [0.25, 0.3) is 0 Å². The molecule has 1 fully saturated rings. The number of hydrogen-bond donors (Lipinski definition) is 1. The molecule has 154 valence electrons. The monoisotopic (exact) mass is 396 g/mol. The highest BCUT2D eigenvalue weighted by molar-refractivity contribution is 5.98. The van der Waals surface area contributed by atoms with Gasteiger partial charge >= 0.3 is 6.03 Å². The van der Waals surface area contributed by atoms with E-state index < -0.39 is 0 Å². The predicted molar refractivity (Wildman–Crippen MR) is 114 cm³/mol. The van der Waals surface area contributed by atoms with Crippen molar-refractivity contribution in [2.24, 2.45) is 0 Å². The number of Topliss-reactive ketones (excluding diaryl/α,β-unsaturated/α-hetero) is 1. The van der Waals surface area contributed by atoms with Crippen LogP contribution >= 0.6 is 0 Å². The van der Waals surface area contributed by atoms with Crippen molar-refractivity contribution in [2.45, 2.75) is 27.7 Å². The summed E-state index contributed by atoms with van der Waals surface area (Å²) in [6.45, 7) is 10.2. The van der Waals surface area contributed by atoms with Crippen LogP contribution in [-0.2, 0) is 0 Å². The van der Waals surface area contributed by atoms with Gasteiger partial charge in [-0.25, -0.2) is 9.78 Å². The summed E-state index contributed by atoms with van der Waals surface area (Å²) in [5.41, 5.74) is 5.16. The van der Waals surface area contributed by atoms with Crippen molar-refractivity contribution in [3.8, 4) is 5.88 Å². The quantitative estimate of drug-likeness (QED) is 0.800. The molecule has 3 rings (SSSR count). The lowest BCUT2D eigenvalue weighted by molar-refractivity contribution is 0.101. The van der Waals surface area contributed by atoms with Gasteiger partial charge in [-0.2, -0.15) is 0 Å². The summed E-state index contributed by atoms with van der Waals surface area (Å²) in [6, 6.07) is 7.85. The minimum atomic E-state index is -0.219. The zero-order valence-corrected chi connectivity index (χ0v) is 17.7. The molecule has 0 saturated carbocycles. The zero-order chi connectivity index (χ0) is 21.1. The summed E-state index contributed by atoms with van der Waals surface area (Å²) >= 11 is 0. The number of carbonyl (C=O) groups excluding carboxylic acids is 2. The van der Waals surface area contributed by atoms with Gasteiger partial charge in [0.25, 0.3) is 0 Å². The molecule has 7 heteroatoms. The maximum atomic E-state index is 12.8. The number of aromatic nitrogens is 1. The van der Waals surface area contributed by atoms with Gasteiger partial charge in [0.1, 0.15) is 5.69 Å². The highest BCUT2D eigenvalue weighted by Crippen LogP contribution is 2.26. The Balaban J connectivity index is 1.68. The third kappa shape index (κ3) is 4.50. The number of hydrogen-bond acceptors (Lipinski definition) is 5. The minimum Gasteiger partial charge on any atom is -0.480 e. The summed E-state index contributed by atoms with van der Waals surface area (Å²) in [5.74, 6) is 0.199. The lowest BCUT2D eigenvalue weighted by Crippen LogP contribution is -2.50. The molecule has 1 saturated heterocycles. The summed E-state index contributed by atoms with van der Waals surface area (Å²) < 4.78 is 5.28. The number of anilines is 2. The fourth-order valence-corrected chi connectivity index (χ4v) is 3.69. The smallest absolute Gasteiger partial charge is 0.322 e. The van der Waals surface area contributed by atoms with Gasteiger partial charge in [-0.15, -0.1) is 0 Å². The first-order valence-electron chi connectivity index (χ1n) is 9.75. The maximum absolute atomic E-state index is 12.8. The van der Waals surface area contributed by atoms with Crippen LogP contribution in [0, 0.1) is 20.8 Å². The number of piperazine rings is 1. The molecule has 0 radical (unpaired) electrons. The number of rotatable bonds is 4. The van der Waals surface area contributed by atoms with E-state index in [0.29, 0.717) is 35.9 Å². The Morgan fingerprint density at radius 2 is 1.76 bits per heavy atom. The number of benzene rings is 1. The second-order valence-electron chi connectivity index (χ2n) is 7.43. The van der Waals surface area contributed by atoms with Gasteiger partial charge in [-0.3, -0.25) is 4.79 Å². The summed E-state index contributed by atoms with van der Waals surface area (Å²) in [5, 5.41) is 2.86. The van der Waals surface area contributed by atoms with Crippen LogP contribution in [0.5, 0.6) is 5.88 Å². The van der Waals surface area contributed by atoms with Crippen LogP contribution in [0.2, 0.25) is 0 Å². The number of methoxy groups -OCH3 is 1. The van der Waals surface area contributed by atoms with Crippen molar-refractivity contribution >= 4 is 23.2 Å². The van der Waals surface area contributed by atoms with E-state index in [1.54, 1.807) is 17.9 Å². The lowest BCUT2D eigenvalue weighted by atomic mass is 10.1. The maximum Gasteiger partial charge on any atom is 0.322 e. The normalized spacial score (nSPS) is 14.0. The number of carbonyl (C=O) groups is 2. The molecule has 0 atom stereocenters. The number of nitrogens with one attached hydrogen (secondary N) is 1. The average Bonchev–Trinajstić information content (AvgIpc) is 2.69. The van der Waals surface area contributed by atoms with Gasteiger partial charge in [-0.05, 0) is 45.4 Å². The Labute approximate surface area is 171 Å². The largest absolute Gasteiger partial charge is 0.480 e. The molecule has 0 spiro atoms. The Hall–Kier alpha value is -3.09. The van der Waals surface area contributed by atoms with Crippen molar-refractivity contribution in [1.29, 1.82) is 0 Å². The molecular formula is C22H28N4O3. The van der Waals surface area contributed by atoms with Gasteiger partial charge in [0, 0.05) is 37.4 Å². The molecule has 1 aromatic carbocycles. The topological polar surface area (TPSA) is 74.8 Å². The number of ketones is 1. The Morgan fingerprint density at radius 3 is 2.34 bits per heavy atom. The van der Waals surface area contributed by atoms with Crippen molar-refractivity contribution in [3.05, 3.63) is 46.6 Å². The second kappa shape index (κ2) is 8.51. The molecule has 2 amide bonds. The molecule has 7 nitrogen and oxygen atoms in total. The third-order valence-electron chi connectivity index (χ3n) is 5.25. The number of urea groups is 1. The lowest BCUT2D eigenvalue weighted by Gasteiger charge is -2.36. The number of ether oxygens (including phenoxy) is 1. The van der Waals surface area contributed by atoms with Gasteiger partial charge in [0.2, 0.25) is 5.88 Å². The van der Waals surface area contributed by atoms with E-state index in [-0.39, 0.29) is 11.8 Å².